The fourth-order valence-corrected chi connectivity index (χ4v) is 8.97. The minimum atomic E-state index is 1.19. The first-order valence-corrected chi connectivity index (χ1v) is 16.6. The van der Waals surface area contributed by atoms with Crippen molar-refractivity contribution >= 4 is 74.9 Å². The molecule has 214 valence electrons. The predicted octanol–water partition coefficient (Wildman–Crippen LogP) is 12.8. The minimum Gasteiger partial charge on any atom is -0.301 e. The molecule has 0 aliphatic heterocycles. The first-order chi connectivity index (χ1) is 22.9. The van der Waals surface area contributed by atoms with Crippen LogP contribution in [-0.2, 0) is 0 Å². The lowest BCUT2D eigenvalue weighted by Crippen LogP contribution is -1.93. The third-order valence-corrected chi connectivity index (χ3v) is 10.7. The summed E-state index contributed by atoms with van der Waals surface area (Å²) in [6, 6.07) is 60.0. The first-order valence-electron chi connectivity index (χ1n) is 15.8. The van der Waals surface area contributed by atoms with E-state index in [1.54, 1.807) is 0 Å². The van der Waals surface area contributed by atoms with Crippen molar-refractivity contribution in [1.82, 2.24) is 4.57 Å². The lowest BCUT2D eigenvalue weighted by molar-refractivity contribution is 1.19. The zero-order valence-corrected chi connectivity index (χ0v) is 25.8. The molecule has 0 fully saturated rings. The Kier molecular flexibility index (Phi) is 5.51. The summed E-state index contributed by atoms with van der Waals surface area (Å²) in [5, 5.41) is 11.6. The maximum Gasteiger partial charge on any atom is 0.109 e. The number of hydrogen-bond donors (Lipinski definition) is 0. The summed E-state index contributed by atoms with van der Waals surface area (Å²) >= 11 is 1.88. The van der Waals surface area contributed by atoms with E-state index in [0.29, 0.717) is 0 Å². The number of nitrogens with zero attached hydrogens (tertiary/aromatic N) is 1. The van der Waals surface area contributed by atoms with Gasteiger partial charge in [-0.25, -0.2) is 0 Å². The molecular weight excluding hydrogens is 575 g/mol. The number of benzene rings is 8. The van der Waals surface area contributed by atoms with E-state index >= 15 is 0 Å². The Bertz CT molecular complexity index is 2740. The van der Waals surface area contributed by atoms with Crippen LogP contribution in [0.5, 0.6) is 0 Å². The second-order valence-corrected chi connectivity index (χ2v) is 13.0. The van der Waals surface area contributed by atoms with Crippen LogP contribution in [0.15, 0.2) is 164 Å². The molecule has 0 saturated carbocycles. The SMILES string of the molecule is c1ccc(-n2c3cccc(-c4c5ccccc5c(-c5cccc6ccccc56)c5ccccc45)c3c3c4ccccc4sc32)cc1. The highest BCUT2D eigenvalue weighted by atomic mass is 32.1. The van der Waals surface area contributed by atoms with Crippen molar-refractivity contribution in [1.29, 1.82) is 0 Å². The minimum absolute atomic E-state index is 1.19. The van der Waals surface area contributed by atoms with Gasteiger partial charge in [0.05, 0.1) is 5.52 Å². The molecule has 2 aromatic heterocycles. The van der Waals surface area contributed by atoms with Crippen LogP contribution in [0.4, 0.5) is 0 Å². The molecule has 1 nitrogen and oxygen atoms in total. The van der Waals surface area contributed by atoms with Gasteiger partial charge in [0.15, 0.2) is 0 Å². The van der Waals surface area contributed by atoms with E-state index in [4.69, 9.17) is 0 Å². The molecule has 10 rings (SSSR count). The largest absolute Gasteiger partial charge is 0.301 e. The Morgan fingerprint density at radius 3 is 1.61 bits per heavy atom. The van der Waals surface area contributed by atoms with Crippen LogP contribution in [0.1, 0.15) is 0 Å². The quantitative estimate of drug-likeness (QED) is 0.178. The topological polar surface area (TPSA) is 4.93 Å². The number of hydrogen-bond acceptors (Lipinski definition) is 1. The van der Waals surface area contributed by atoms with Gasteiger partial charge in [0.1, 0.15) is 4.83 Å². The zero-order valence-electron chi connectivity index (χ0n) is 24.9. The average Bonchev–Trinajstić information content (AvgIpc) is 3.65. The van der Waals surface area contributed by atoms with Crippen LogP contribution in [0.2, 0.25) is 0 Å². The van der Waals surface area contributed by atoms with Crippen LogP contribution >= 0.6 is 11.3 Å². The van der Waals surface area contributed by atoms with Gasteiger partial charge >= 0.3 is 0 Å². The number of thiophene rings is 1. The van der Waals surface area contributed by atoms with E-state index in [0.717, 1.165) is 0 Å². The molecule has 0 unspecified atom stereocenters. The van der Waals surface area contributed by atoms with Crippen molar-refractivity contribution in [2.45, 2.75) is 0 Å². The van der Waals surface area contributed by atoms with Gasteiger partial charge in [-0.1, -0.05) is 140 Å². The van der Waals surface area contributed by atoms with Crippen molar-refractivity contribution in [3.8, 4) is 27.9 Å². The molecule has 0 saturated heterocycles. The van der Waals surface area contributed by atoms with E-state index < -0.39 is 0 Å². The second kappa shape index (κ2) is 9.90. The third-order valence-electron chi connectivity index (χ3n) is 9.59. The molecule has 0 N–H and O–H groups in total. The summed E-state index contributed by atoms with van der Waals surface area (Å²) in [5.41, 5.74) is 7.57. The summed E-state index contributed by atoms with van der Waals surface area (Å²) in [5.74, 6) is 0. The van der Waals surface area contributed by atoms with E-state index in [2.05, 4.69) is 168 Å². The Hall–Kier alpha value is -5.70. The normalized spacial score (nSPS) is 11.9. The van der Waals surface area contributed by atoms with Crippen LogP contribution in [-0.4, -0.2) is 4.57 Å². The third kappa shape index (κ3) is 3.56. The van der Waals surface area contributed by atoms with E-state index in [1.165, 1.54) is 91.5 Å². The van der Waals surface area contributed by atoms with Crippen molar-refractivity contribution in [2.75, 3.05) is 0 Å². The first kappa shape index (κ1) is 25.6. The van der Waals surface area contributed by atoms with Gasteiger partial charge in [0.2, 0.25) is 0 Å². The monoisotopic (exact) mass is 601 g/mol. The molecule has 2 heteroatoms. The van der Waals surface area contributed by atoms with Gasteiger partial charge in [-0.3, -0.25) is 0 Å². The Morgan fingerprint density at radius 2 is 0.891 bits per heavy atom. The number of aromatic nitrogens is 1. The van der Waals surface area contributed by atoms with Crippen molar-refractivity contribution in [2.24, 2.45) is 0 Å². The van der Waals surface area contributed by atoms with Crippen LogP contribution in [0, 0.1) is 0 Å². The van der Waals surface area contributed by atoms with Crippen molar-refractivity contribution in [3.63, 3.8) is 0 Å². The predicted molar refractivity (Wildman–Crippen MR) is 200 cm³/mol. The average molecular weight is 602 g/mol. The molecule has 0 spiro atoms. The van der Waals surface area contributed by atoms with E-state index in [-0.39, 0.29) is 0 Å². The summed E-state index contributed by atoms with van der Waals surface area (Å²) in [7, 11) is 0. The van der Waals surface area contributed by atoms with Crippen molar-refractivity contribution < 1.29 is 0 Å². The van der Waals surface area contributed by atoms with Crippen molar-refractivity contribution in [3.05, 3.63) is 164 Å². The maximum absolute atomic E-state index is 2.47. The second-order valence-electron chi connectivity index (χ2n) is 12.0. The Balaban J connectivity index is 1.41. The molecule has 2 heterocycles. The van der Waals surface area contributed by atoms with Gasteiger partial charge in [-0.15, -0.1) is 11.3 Å². The molecule has 0 aliphatic carbocycles. The Labute approximate surface area is 270 Å². The summed E-state index contributed by atoms with van der Waals surface area (Å²) in [6.07, 6.45) is 0. The molecule has 0 bridgehead atoms. The standard InChI is InChI=1S/C44H27NS/c1-2-16-29(17-3-1)45-38-26-13-25-37(42(38)43-36-23-10-11-27-39(36)46-44(43)45)41-34-21-8-6-19-32(34)40(33-20-7-9-22-35(33)41)31-24-12-15-28-14-4-5-18-30(28)31/h1-27H. The van der Waals surface area contributed by atoms with E-state index in [9.17, 15) is 0 Å². The molecule has 0 atom stereocenters. The fraction of sp³-hybridized carbons (Fsp3) is 0. The van der Waals surface area contributed by atoms with Gasteiger partial charge in [-0.05, 0) is 78.8 Å². The molecule has 46 heavy (non-hydrogen) atoms. The molecule has 0 amide bonds. The fourth-order valence-electron chi connectivity index (χ4n) is 7.72. The highest BCUT2D eigenvalue weighted by Gasteiger charge is 2.24. The number of rotatable bonds is 3. The molecule has 0 radical (unpaired) electrons. The summed E-state index contributed by atoms with van der Waals surface area (Å²) < 4.78 is 3.78. The molecule has 0 aliphatic rings. The maximum atomic E-state index is 2.47. The van der Waals surface area contributed by atoms with Crippen LogP contribution in [0.25, 0.3) is 91.5 Å². The molecule has 10 aromatic rings. The smallest absolute Gasteiger partial charge is 0.109 e. The molecule has 8 aromatic carbocycles. The lowest BCUT2D eigenvalue weighted by atomic mass is 9.84. The Morgan fingerprint density at radius 1 is 0.370 bits per heavy atom. The van der Waals surface area contributed by atoms with Gasteiger partial charge in [-0.2, -0.15) is 0 Å². The number of para-hydroxylation sites is 1. The molecular formula is C44H27NS. The van der Waals surface area contributed by atoms with Crippen LogP contribution in [0.3, 0.4) is 0 Å². The highest BCUT2D eigenvalue weighted by molar-refractivity contribution is 7.25. The van der Waals surface area contributed by atoms with E-state index in [1.807, 2.05) is 11.3 Å². The summed E-state index contributed by atoms with van der Waals surface area (Å²) in [4.78, 5) is 1.29. The van der Waals surface area contributed by atoms with Crippen LogP contribution < -0.4 is 0 Å². The number of fused-ring (bicyclic) bond motifs is 8. The highest BCUT2D eigenvalue weighted by Crippen LogP contribution is 2.50. The lowest BCUT2D eigenvalue weighted by Gasteiger charge is -2.19. The van der Waals surface area contributed by atoms with Gasteiger partial charge < -0.3 is 4.57 Å². The van der Waals surface area contributed by atoms with Gasteiger partial charge in [0, 0.05) is 26.5 Å². The van der Waals surface area contributed by atoms with Gasteiger partial charge in [0.25, 0.3) is 0 Å². The zero-order chi connectivity index (χ0) is 30.2. The summed E-state index contributed by atoms with van der Waals surface area (Å²) in [6.45, 7) is 0.